The minimum absolute atomic E-state index is 0.0701. The zero-order valence-corrected chi connectivity index (χ0v) is 20.5. The van der Waals surface area contributed by atoms with E-state index in [2.05, 4.69) is 26.3 Å². The minimum Gasteiger partial charge on any atom is -0.366 e. The number of hydrogen-bond donors (Lipinski definition) is 2. The topological polar surface area (TPSA) is 138 Å². The molecule has 3 heterocycles. The van der Waals surface area contributed by atoms with Crippen LogP contribution in [0.4, 0.5) is 21.7 Å². The van der Waals surface area contributed by atoms with Crippen molar-refractivity contribution in [3.8, 4) is 17.3 Å². The zero-order valence-electron chi connectivity index (χ0n) is 19.8. The number of pyridine rings is 1. The van der Waals surface area contributed by atoms with E-state index in [9.17, 15) is 19.2 Å². The lowest BCUT2D eigenvalue weighted by molar-refractivity contribution is -0.117. The summed E-state index contributed by atoms with van der Waals surface area (Å²) in [5, 5.41) is 13.1. The molecule has 1 aliphatic heterocycles. The van der Waals surface area contributed by atoms with E-state index in [1.165, 1.54) is 18.3 Å². The summed E-state index contributed by atoms with van der Waals surface area (Å²) in [7, 11) is 0. The van der Waals surface area contributed by atoms with Gasteiger partial charge in [-0.3, -0.25) is 9.59 Å². The Morgan fingerprint density at radius 2 is 2.00 bits per heavy atom. The number of halogens is 2. The summed E-state index contributed by atoms with van der Waals surface area (Å²) < 4.78 is 14.1. The number of nitrogens with zero attached hydrogens (tertiary/aromatic N) is 5. The fourth-order valence-electron chi connectivity index (χ4n) is 4.34. The van der Waals surface area contributed by atoms with E-state index in [4.69, 9.17) is 17.3 Å². The average Bonchev–Trinajstić information content (AvgIpc) is 3.34. The van der Waals surface area contributed by atoms with Crippen LogP contribution in [-0.4, -0.2) is 33.3 Å². The van der Waals surface area contributed by atoms with Crippen LogP contribution >= 0.6 is 11.6 Å². The molecule has 0 aliphatic carbocycles. The van der Waals surface area contributed by atoms with E-state index in [0.29, 0.717) is 46.7 Å². The second-order valence-electron chi connectivity index (χ2n) is 8.52. The molecule has 0 spiro atoms. The highest BCUT2D eigenvalue weighted by Crippen LogP contribution is 2.36. The van der Waals surface area contributed by atoms with Gasteiger partial charge < -0.3 is 16.0 Å². The highest BCUT2D eigenvalue weighted by atomic mass is 35.5. The van der Waals surface area contributed by atoms with Crippen molar-refractivity contribution < 1.29 is 14.0 Å². The Morgan fingerprint density at radius 3 is 2.74 bits per heavy atom. The summed E-state index contributed by atoms with van der Waals surface area (Å²) in [5.74, 6) is -1.61. The Labute approximate surface area is 221 Å². The van der Waals surface area contributed by atoms with Gasteiger partial charge in [0.2, 0.25) is 11.9 Å². The molecule has 2 aromatic carbocycles. The summed E-state index contributed by atoms with van der Waals surface area (Å²) in [4.78, 5) is 38.7. The van der Waals surface area contributed by atoms with Crippen molar-refractivity contribution in [1.29, 1.82) is 5.26 Å². The van der Waals surface area contributed by atoms with Gasteiger partial charge in [0.15, 0.2) is 0 Å². The molecule has 0 bridgehead atoms. The summed E-state index contributed by atoms with van der Waals surface area (Å²) in [6.45, 7) is 0.438. The number of carbonyl (C=O) groups is 2. The molecule has 0 fully saturated rings. The molecule has 4 aromatic rings. The van der Waals surface area contributed by atoms with Crippen molar-refractivity contribution in [3.05, 3.63) is 94.1 Å². The molecule has 11 heteroatoms. The number of amides is 2. The van der Waals surface area contributed by atoms with Crippen LogP contribution in [0.15, 0.2) is 60.9 Å². The minimum atomic E-state index is -0.863. The van der Waals surface area contributed by atoms with Crippen LogP contribution in [0.2, 0.25) is 5.15 Å². The summed E-state index contributed by atoms with van der Waals surface area (Å²) >= 11 is 6.12. The summed E-state index contributed by atoms with van der Waals surface area (Å²) in [5.41, 5.74) is 8.86. The highest BCUT2D eigenvalue weighted by Gasteiger charge is 2.29. The molecule has 0 radical (unpaired) electrons. The number of anilines is 3. The van der Waals surface area contributed by atoms with Gasteiger partial charge in [-0.2, -0.15) is 5.26 Å². The Bertz CT molecular complexity index is 1640. The molecule has 9 nitrogen and oxygen atoms in total. The monoisotopic (exact) mass is 527 g/mol. The third-order valence-corrected chi connectivity index (χ3v) is 6.45. The number of nitrogens with two attached hydrogens (primary N) is 1. The zero-order chi connectivity index (χ0) is 26.8. The van der Waals surface area contributed by atoms with E-state index < -0.39 is 11.7 Å². The molecule has 2 amide bonds. The third-order valence-electron chi connectivity index (χ3n) is 6.11. The molecule has 188 valence electrons. The smallest absolute Gasteiger partial charge is 0.251 e. The first-order valence-corrected chi connectivity index (χ1v) is 11.9. The molecular weight excluding hydrogens is 509 g/mol. The molecule has 0 atom stereocenters. The number of hydrogen-bond acceptors (Lipinski definition) is 7. The molecule has 3 N–H and O–H groups in total. The van der Waals surface area contributed by atoms with Gasteiger partial charge in [-0.1, -0.05) is 17.7 Å². The summed E-state index contributed by atoms with van der Waals surface area (Å²) in [6.07, 6.45) is 3.74. The lowest BCUT2D eigenvalue weighted by Gasteiger charge is -2.19. The fourth-order valence-corrected chi connectivity index (χ4v) is 4.53. The van der Waals surface area contributed by atoms with E-state index in [1.807, 2.05) is 6.07 Å². The van der Waals surface area contributed by atoms with Crippen LogP contribution in [0.1, 0.15) is 27.0 Å². The summed E-state index contributed by atoms with van der Waals surface area (Å²) in [6, 6.07) is 14.8. The van der Waals surface area contributed by atoms with Crippen LogP contribution < -0.4 is 16.0 Å². The van der Waals surface area contributed by atoms with E-state index in [0.717, 1.165) is 11.6 Å². The number of rotatable bonds is 6. The molecule has 0 saturated heterocycles. The van der Waals surface area contributed by atoms with Gasteiger partial charge in [0.1, 0.15) is 17.0 Å². The van der Waals surface area contributed by atoms with Gasteiger partial charge in [-0.05, 0) is 60.0 Å². The largest absolute Gasteiger partial charge is 0.366 e. The van der Waals surface area contributed by atoms with E-state index >= 15 is 0 Å². The highest BCUT2D eigenvalue weighted by molar-refractivity contribution is 6.30. The Kier molecular flexibility index (Phi) is 6.68. The van der Waals surface area contributed by atoms with Crippen molar-refractivity contribution in [1.82, 2.24) is 15.0 Å². The van der Waals surface area contributed by atoms with Crippen molar-refractivity contribution in [2.45, 2.75) is 12.8 Å². The Morgan fingerprint density at radius 1 is 1.16 bits per heavy atom. The van der Waals surface area contributed by atoms with Gasteiger partial charge in [0, 0.05) is 30.2 Å². The number of primary amides is 1. The number of benzene rings is 2. The average molecular weight is 528 g/mol. The number of fused-ring (bicyclic) bond motifs is 1. The van der Waals surface area contributed by atoms with Crippen LogP contribution in [0, 0.1) is 17.1 Å². The van der Waals surface area contributed by atoms with Crippen molar-refractivity contribution in [2.24, 2.45) is 5.73 Å². The number of aromatic nitrogens is 3. The second kappa shape index (κ2) is 10.2. The Balaban J connectivity index is 1.41. The van der Waals surface area contributed by atoms with Crippen molar-refractivity contribution >= 4 is 40.7 Å². The predicted octanol–water partition coefficient (Wildman–Crippen LogP) is 4.18. The normalized spacial score (nSPS) is 12.1. The maximum atomic E-state index is 14.1. The Hall–Kier alpha value is -4.88. The van der Waals surface area contributed by atoms with Gasteiger partial charge >= 0.3 is 0 Å². The third kappa shape index (κ3) is 4.87. The molecular formula is C27H19ClFN7O2. The van der Waals surface area contributed by atoms with Crippen LogP contribution in [0.25, 0.3) is 11.3 Å². The molecule has 38 heavy (non-hydrogen) atoms. The number of nitriles is 1. The van der Waals surface area contributed by atoms with Crippen LogP contribution in [0.3, 0.4) is 0 Å². The molecule has 0 unspecified atom stereocenters. The number of nitrogens with one attached hydrogen (secondary N) is 1. The van der Waals surface area contributed by atoms with Crippen LogP contribution in [0.5, 0.6) is 0 Å². The van der Waals surface area contributed by atoms with Crippen molar-refractivity contribution in [3.63, 3.8) is 0 Å². The van der Waals surface area contributed by atoms with Gasteiger partial charge in [-0.15, -0.1) is 0 Å². The molecule has 1 aliphatic rings. The first-order chi connectivity index (χ1) is 18.3. The van der Waals surface area contributed by atoms with Gasteiger partial charge in [-0.25, -0.2) is 19.3 Å². The fraction of sp³-hybridized carbons (Fsp3) is 0.111. The van der Waals surface area contributed by atoms with Crippen LogP contribution in [-0.2, 0) is 17.6 Å². The molecule has 5 rings (SSSR count). The SMILES string of the molecule is N#Cc1cc(-c2ccnc(Nc3ccc(C(N)=O)c(F)c3)n2)cc2c1N(C(=O)Cc1cccnc1Cl)CC2. The molecule has 0 saturated carbocycles. The first kappa shape index (κ1) is 24.8. The first-order valence-electron chi connectivity index (χ1n) is 11.5. The van der Waals surface area contributed by atoms with E-state index in [-0.39, 0.29) is 29.0 Å². The predicted molar refractivity (Wildman–Crippen MR) is 139 cm³/mol. The maximum Gasteiger partial charge on any atom is 0.251 e. The van der Waals surface area contributed by atoms with Crippen molar-refractivity contribution in [2.75, 3.05) is 16.8 Å². The van der Waals surface area contributed by atoms with E-state index in [1.54, 1.807) is 35.4 Å². The second-order valence-corrected chi connectivity index (χ2v) is 8.88. The lowest BCUT2D eigenvalue weighted by Crippen LogP contribution is -2.31. The quantitative estimate of drug-likeness (QED) is 0.359. The van der Waals surface area contributed by atoms with Gasteiger partial charge in [0.05, 0.1) is 28.9 Å². The molecule has 2 aromatic heterocycles. The van der Waals surface area contributed by atoms with Gasteiger partial charge in [0.25, 0.3) is 5.91 Å². The standard InChI is InChI=1S/C27H19ClFN7O2/c28-25-16(2-1-7-32-25)12-23(37)36-9-6-15-10-17(11-18(14-30)24(15)36)22-5-8-33-27(35-22)34-19-3-4-20(26(31)38)21(29)13-19/h1-5,7-8,10-11,13H,6,9,12H2,(H2,31,38)(H,33,34,35). The lowest BCUT2D eigenvalue weighted by atomic mass is 10.0. The number of carbonyl (C=O) groups excluding carboxylic acids is 2. The maximum absolute atomic E-state index is 14.1.